The number of hydrogen-bond acceptors (Lipinski definition) is 5. The highest BCUT2D eigenvalue weighted by molar-refractivity contribution is 5.70. The van der Waals surface area contributed by atoms with E-state index in [0.29, 0.717) is 19.4 Å². The third kappa shape index (κ3) is 52.0. The Morgan fingerprint density at radius 2 is 0.703 bits per heavy atom. The van der Waals surface area contributed by atoms with E-state index in [0.717, 1.165) is 89.9 Å². The summed E-state index contributed by atoms with van der Waals surface area (Å²) in [7, 11) is 0. The fourth-order valence-electron chi connectivity index (χ4n) is 7.61. The van der Waals surface area contributed by atoms with Crippen LogP contribution in [0.3, 0.4) is 0 Å². The number of ether oxygens (including phenoxy) is 3. The summed E-state index contributed by atoms with van der Waals surface area (Å²) in [6.07, 6.45) is 70.5. The first-order valence-corrected chi connectivity index (χ1v) is 27.5. The zero-order valence-electron chi connectivity index (χ0n) is 42.5. The van der Waals surface area contributed by atoms with Crippen LogP contribution < -0.4 is 0 Å². The van der Waals surface area contributed by atoms with Crippen molar-refractivity contribution in [2.45, 2.75) is 271 Å². The fourth-order valence-corrected chi connectivity index (χ4v) is 7.61. The van der Waals surface area contributed by atoms with Crippen molar-refractivity contribution >= 4 is 11.9 Å². The van der Waals surface area contributed by atoms with E-state index in [9.17, 15) is 9.59 Å². The van der Waals surface area contributed by atoms with Gasteiger partial charge in [-0.05, 0) is 109 Å². The predicted molar refractivity (Wildman–Crippen MR) is 279 cm³/mol. The lowest BCUT2D eigenvalue weighted by Gasteiger charge is -2.18. The molecule has 0 spiro atoms. The molecule has 0 rings (SSSR count). The van der Waals surface area contributed by atoms with E-state index in [1.54, 1.807) is 0 Å². The summed E-state index contributed by atoms with van der Waals surface area (Å²) in [5.74, 6) is -0.424. The molecule has 0 fully saturated rings. The lowest BCUT2D eigenvalue weighted by Crippen LogP contribution is -2.30. The van der Waals surface area contributed by atoms with E-state index >= 15 is 0 Å². The van der Waals surface area contributed by atoms with Crippen molar-refractivity contribution in [3.63, 3.8) is 0 Å². The van der Waals surface area contributed by atoms with Crippen LogP contribution in [0, 0.1) is 0 Å². The van der Waals surface area contributed by atoms with Crippen LogP contribution >= 0.6 is 0 Å². The van der Waals surface area contributed by atoms with Gasteiger partial charge in [0.2, 0.25) is 0 Å². The molecule has 5 nitrogen and oxygen atoms in total. The monoisotopic (exact) mass is 893 g/mol. The highest BCUT2D eigenvalue weighted by atomic mass is 16.6. The van der Waals surface area contributed by atoms with Crippen LogP contribution in [0.5, 0.6) is 0 Å². The predicted octanol–water partition coefficient (Wildman–Crippen LogP) is 18.7. The molecule has 1 unspecified atom stereocenters. The Kier molecular flexibility index (Phi) is 52.4. The quantitative estimate of drug-likeness (QED) is 0.0346. The fraction of sp³-hybridized carbons (Fsp3) is 0.763. The van der Waals surface area contributed by atoms with Gasteiger partial charge in [0.05, 0.1) is 6.61 Å². The van der Waals surface area contributed by atoms with Crippen LogP contribution in [0.1, 0.15) is 265 Å². The minimum absolute atomic E-state index is 0.0693. The molecule has 0 aliphatic carbocycles. The third-order valence-electron chi connectivity index (χ3n) is 11.7. The Labute approximate surface area is 397 Å². The average molecular weight is 893 g/mol. The minimum Gasteiger partial charge on any atom is -0.462 e. The van der Waals surface area contributed by atoms with E-state index in [4.69, 9.17) is 14.2 Å². The maximum atomic E-state index is 12.8. The first-order chi connectivity index (χ1) is 31.6. The first-order valence-electron chi connectivity index (χ1n) is 27.5. The maximum absolute atomic E-state index is 12.8. The highest BCUT2D eigenvalue weighted by Crippen LogP contribution is 2.14. The molecule has 0 aliphatic rings. The molecule has 0 amide bonds. The van der Waals surface area contributed by atoms with Crippen molar-refractivity contribution < 1.29 is 23.8 Å². The SMILES string of the molecule is CC/C=C\C/C=C\C/C=C\CCCCCCCC(=O)OCC(COCCCCCCCCCC/C=C\C/C=C\CCCCC)OC(=O)CCCCCCC/C=C\CCCCCCCC. The molecule has 0 saturated heterocycles. The second-order valence-corrected chi connectivity index (χ2v) is 18.1. The van der Waals surface area contributed by atoms with Gasteiger partial charge in [0, 0.05) is 19.4 Å². The molecule has 0 heterocycles. The summed E-state index contributed by atoms with van der Waals surface area (Å²) in [6, 6.07) is 0. The Bertz CT molecular complexity index is 1150. The molecule has 0 bridgehead atoms. The normalized spacial score (nSPS) is 12.7. The van der Waals surface area contributed by atoms with E-state index in [1.807, 2.05) is 0 Å². The van der Waals surface area contributed by atoms with Crippen LogP contribution in [0.2, 0.25) is 0 Å². The summed E-state index contributed by atoms with van der Waals surface area (Å²) in [4.78, 5) is 25.5. The summed E-state index contributed by atoms with van der Waals surface area (Å²) in [5, 5.41) is 0. The van der Waals surface area contributed by atoms with E-state index in [-0.39, 0.29) is 25.2 Å². The van der Waals surface area contributed by atoms with Crippen LogP contribution in [0.15, 0.2) is 72.9 Å². The van der Waals surface area contributed by atoms with Crippen LogP contribution in [-0.2, 0) is 23.8 Å². The Morgan fingerprint density at radius 3 is 1.17 bits per heavy atom. The van der Waals surface area contributed by atoms with Crippen LogP contribution in [0.25, 0.3) is 0 Å². The summed E-state index contributed by atoms with van der Waals surface area (Å²) in [5.41, 5.74) is 0. The molecule has 0 saturated carbocycles. The average Bonchev–Trinajstić information content (AvgIpc) is 3.30. The van der Waals surface area contributed by atoms with E-state index < -0.39 is 6.10 Å². The molecule has 0 radical (unpaired) electrons. The van der Waals surface area contributed by atoms with Crippen molar-refractivity contribution in [1.29, 1.82) is 0 Å². The van der Waals surface area contributed by atoms with Gasteiger partial charge in [-0.15, -0.1) is 0 Å². The number of esters is 2. The molecular formula is C59H104O5. The van der Waals surface area contributed by atoms with E-state index in [2.05, 4.69) is 93.7 Å². The van der Waals surface area contributed by atoms with Gasteiger partial charge in [0.25, 0.3) is 0 Å². The molecule has 0 N–H and O–H groups in total. The van der Waals surface area contributed by atoms with Crippen molar-refractivity contribution in [2.75, 3.05) is 19.8 Å². The molecule has 0 aromatic rings. The number of carbonyl (C=O) groups is 2. The summed E-state index contributed by atoms with van der Waals surface area (Å²) >= 11 is 0. The molecule has 1 atom stereocenters. The minimum atomic E-state index is -0.553. The van der Waals surface area contributed by atoms with Crippen LogP contribution in [-0.4, -0.2) is 37.9 Å². The topological polar surface area (TPSA) is 61.8 Å². The Hall–Kier alpha value is -2.66. The summed E-state index contributed by atoms with van der Waals surface area (Å²) < 4.78 is 17.4. The Morgan fingerprint density at radius 1 is 0.359 bits per heavy atom. The second kappa shape index (κ2) is 54.7. The van der Waals surface area contributed by atoms with Crippen molar-refractivity contribution in [3.8, 4) is 0 Å². The molecule has 64 heavy (non-hydrogen) atoms. The van der Waals surface area contributed by atoms with Gasteiger partial charge in [0.1, 0.15) is 6.61 Å². The first kappa shape index (κ1) is 61.3. The Balaban J connectivity index is 4.31. The van der Waals surface area contributed by atoms with Gasteiger partial charge in [-0.1, -0.05) is 216 Å². The van der Waals surface area contributed by atoms with Gasteiger partial charge in [-0.2, -0.15) is 0 Å². The second-order valence-electron chi connectivity index (χ2n) is 18.1. The number of unbranched alkanes of at least 4 members (excludes halogenated alkanes) is 27. The van der Waals surface area contributed by atoms with Crippen LogP contribution in [0.4, 0.5) is 0 Å². The largest absolute Gasteiger partial charge is 0.462 e. The summed E-state index contributed by atoms with van der Waals surface area (Å²) in [6.45, 7) is 7.67. The van der Waals surface area contributed by atoms with Gasteiger partial charge >= 0.3 is 11.9 Å². The number of rotatable bonds is 50. The molecular weight excluding hydrogens is 789 g/mol. The maximum Gasteiger partial charge on any atom is 0.306 e. The van der Waals surface area contributed by atoms with E-state index in [1.165, 1.54) is 141 Å². The number of allylic oxidation sites excluding steroid dienone is 12. The van der Waals surface area contributed by atoms with Gasteiger partial charge < -0.3 is 14.2 Å². The molecule has 5 heteroatoms. The van der Waals surface area contributed by atoms with Crippen molar-refractivity contribution in [3.05, 3.63) is 72.9 Å². The smallest absolute Gasteiger partial charge is 0.306 e. The number of hydrogen-bond donors (Lipinski definition) is 0. The lowest BCUT2D eigenvalue weighted by atomic mass is 10.1. The zero-order valence-corrected chi connectivity index (χ0v) is 42.5. The molecule has 0 aromatic heterocycles. The zero-order chi connectivity index (χ0) is 46.3. The molecule has 370 valence electrons. The lowest BCUT2D eigenvalue weighted by molar-refractivity contribution is -0.163. The molecule has 0 aromatic carbocycles. The van der Waals surface area contributed by atoms with Crippen molar-refractivity contribution in [1.82, 2.24) is 0 Å². The van der Waals surface area contributed by atoms with Gasteiger partial charge in [-0.25, -0.2) is 0 Å². The third-order valence-corrected chi connectivity index (χ3v) is 11.7. The van der Waals surface area contributed by atoms with Crippen molar-refractivity contribution in [2.24, 2.45) is 0 Å². The van der Waals surface area contributed by atoms with Gasteiger partial charge in [-0.3, -0.25) is 9.59 Å². The number of carbonyl (C=O) groups excluding carboxylic acids is 2. The highest BCUT2D eigenvalue weighted by Gasteiger charge is 2.17. The van der Waals surface area contributed by atoms with Gasteiger partial charge in [0.15, 0.2) is 6.10 Å². The standard InChI is InChI=1S/C59H104O5/c1-4-7-10-13-16-19-22-25-28-29-30-33-36-39-42-45-48-51-54-62-55-57(64-59(61)53-50-47-44-41-38-35-32-27-24-21-18-15-12-9-6-3)56-63-58(60)52-49-46-43-40-37-34-31-26-23-20-17-14-11-8-5-2/h8,11,16-17,19-20,25-28,31-32,57H,4-7,9-10,12-15,18,21-24,29-30,33-56H2,1-3H3/b11-8-,19-16-,20-17-,28-25-,31-26-,32-27-. The molecule has 0 aliphatic heterocycles.